The zero-order valence-corrected chi connectivity index (χ0v) is 7.75. The highest BCUT2D eigenvalue weighted by atomic mass is 35.5. The highest BCUT2D eigenvalue weighted by Crippen LogP contribution is 2.36. The van der Waals surface area contributed by atoms with Gasteiger partial charge in [0.05, 0.1) is 4.75 Å². The Morgan fingerprint density at radius 2 is 1.82 bits per heavy atom. The van der Waals surface area contributed by atoms with Crippen LogP contribution in [0.15, 0.2) is 0 Å². The third kappa shape index (κ3) is 1.66. The number of hydrogen-bond donors (Lipinski definition) is 2. The van der Waals surface area contributed by atoms with Crippen LogP contribution in [0, 0.1) is 0 Å². The van der Waals surface area contributed by atoms with Crippen LogP contribution in [0.4, 0.5) is 0 Å². The van der Waals surface area contributed by atoms with Gasteiger partial charge >= 0.3 is 0 Å². The second kappa shape index (κ2) is 3.26. The Morgan fingerprint density at radius 3 is 1.82 bits per heavy atom. The Morgan fingerprint density at radius 1 is 1.36 bits per heavy atom. The van der Waals surface area contributed by atoms with Crippen molar-refractivity contribution in [1.29, 1.82) is 0 Å². The molecule has 0 saturated heterocycles. The van der Waals surface area contributed by atoms with Gasteiger partial charge in [-0.1, -0.05) is 6.42 Å². The van der Waals surface area contributed by atoms with Gasteiger partial charge in [0.25, 0.3) is 0 Å². The van der Waals surface area contributed by atoms with E-state index in [9.17, 15) is 8.42 Å². The predicted molar refractivity (Wildman–Crippen MR) is 46.0 cm³/mol. The first-order chi connectivity index (χ1) is 4.52. The van der Waals surface area contributed by atoms with Crippen LogP contribution < -0.4 is 10.9 Å². The lowest BCUT2D eigenvalue weighted by Gasteiger charge is -2.37. The Kier molecular flexibility index (Phi) is 3.31. The largest absolute Gasteiger partial charge is 0.329 e. The van der Waals surface area contributed by atoms with E-state index in [2.05, 4.69) is 0 Å². The number of halogens is 1. The Labute approximate surface area is 72.8 Å². The molecule has 1 aliphatic carbocycles. The summed E-state index contributed by atoms with van der Waals surface area (Å²) in [5, 5.41) is 4.98. The molecule has 4 N–H and O–H groups in total. The maximum atomic E-state index is 10.9. The zero-order valence-electron chi connectivity index (χ0n) is 6.12. The van der Waals surface area contributed by atoms with Crippen molar-refractivity contribution in [2.45, 2.75) is 24.0 Å². The van der Waals surface area contributed by atoms with Crippen molar-refractivity contribution in [3.05, 3.63) is 0 Å². The van der Waals surface area contributed by atoms with Crippen LogP contribution in [-0.2, 0) is 10.0 Å². The van der Waals surface area contributed by atoms with E-state index in [0.717, 1.165) is 6.42 Å². The number of nitrogens with two attached hydrogens (primary N) is 2. The topological polar surface area (TPSA) is 86.2 Å². The van der Waals surface area contributed by atoms with Crippen molar-refractivity contribution in [2.75, 3.05) is 6.54 Å². The molecule has 0 unspecified atom stereocenters. The molecule has 0 heterocycles. The summed E-state index contributed by atoms with van der Waals surface area (Å²) in [7, 11) is -3.40. The molecule has 0 atom stereocenters. The Balaban J connectivity index is 0.000001000. The molecule has 1 rings (SSSR count). The highest BCUT2D eigenvalue weighted by Gasteiger charge is 2.45. The standard InChI is InChI=1S/C5H12N2O2S.ClH/c6-4-5(2-1-3-5)10(7,8)9;/h1-4,6H2,(H2,7,8,9);1H. The van der Waals surface area contributed by atoms with Crippen LogP contribution in [0.2, 0.25) is 0 Å². The first kappa shape index (κ1) is 11.2. The van der Waals surface area contributed by atoms with Crippen molar-refractivity contribution in [2.24, 2.45) is 10.9 Å². The summed E-state index contributed by atoms with van der Waals surface area (Å²) in [6, 6.07) is 0. The molecule has 0 amide bonds. The van der Waals surface area contributed by atoms with E-state index >= 15 is 0 Å². The average molecular weight is 201 g/mol. The Bertz CT molecular complexity index is 217. The van der Waals surface area contributed by atoms with E-state index in [1.807, 2.05) is 0 Å². The predicted octanol–water partition coefficient (Wildman–Crippen LogP) is -0.422. The van der Waals surface area contributed by atoms with Crippen LogP contribution in [0.1, 0.15) is 19.3 Å². The summed E-state index contributed by atoms with van der Waals surface area (Å²) in [6.07, 6.45) is 2.18. The molecule has 0 aliphatic heterocycles. The van der Waals surface area contributed by atoms with Gasteiger partial charge in [-0.3, -0.25) is 0 Å². The first-order valence-electron chi connectivity index (χ1n) is 3.24. The fourth-order valence-electron chi connectivity index (χ4n) is 1.18. The lowest BCUT2D eigenvalue weighted by Crippen LogP contribution is -2.54. The van der Waals surface area contributed by atoms with E-state index < -0.39 is 14.8 Å². The van der Waals surface area contributed by atoms with Gasteiger partial charge in [-0.15, -0.1) is 12.4 Å². The van der Waals surface area contributed by atoms with Gasteiger partial charge in [-0.05, 0) is 12.8 Å². The molecule has 0 radical (unpaired) electrons. The summed E-state index contributed by atoms with van der Waals surface area (Å²) in [6.45, 7) is 0.159. The van der Waals surface area contributed by atoms with Crippen LogP contribution in [-0.4, -0.2) is 19.7 Å². The number of rotatable bonds is 2. The quantitative estimate of drug-likeness (QED) is 0.635. The zero-order chi connectivity index (χ0) is 7.83. The second-order valence-electron chi connectivity index (χ2n) is 2.79. The van der Waals surface area contributed by atoms with Crippen LogP contribution in [0.5, 0.6) is 0 Å². The summed E-state index contributed by atoms with van der Waals surface area (Å²) >= 11 is 0. The van der Waals surface area contributed by atoms with Gasteiger partial charge in [0, 0.05) is 6.54 Å². The maximum absolute atomic E-state index is 10.9. The molecule has 0 aromatic heterocycles. The molecule has 1 fully saturated rings. The third-order valence-corrected chi connectivity index (χ3v) is 4.02. The van der Waals surface area contributed by atoms with Crippen molar-refractivity contribution in [1.82, 2.24) is 0 Å². The monoisotopic (exact) mass is 200 g/mol. The molecule has 11 heavy (non-hydrogen) atoms. The van der Waals surface area contributed by atoms with Gasteiger partial charge < -0.3 is 5.73 Å². The molecule has 0 spiro atoms. The van der Waals surface area contributed by atoms with Crippen molar-refractivity contribution < 1.29 is 8.42 Å². The lowest BCUT2D eigenvalue weighted by molar-refractivity contribution is 0.344. The van der Waals surface area contributed by atoms with E-state index in [1.165, 1.54) is 0 Å². The minimum Gasteiger partial charge on any atom is -0.329 e. The smallest absolute Gasteiger partial charge is 0.216 e. The molecule has 1 saturated carbocycles. The second-order valence-corrected chi connectivity index (χ2v) is 4.74. The van der Waals surface area contributed by atoms with Gasteiger partial charge in [-0.25, -0.2) is 13.6 Å². The third-order valence-electron chi connectivity index (χ3n) is 2.24. The first-order valence-corrected chi connectivity index (χ1v) is 4.79. The minimum absolute atomic E-state index is 0. The van der Waals surface area contributed by atoms with E-state index in [-0.39, 0.29) is 19.0 Å². The maximum Gasteiger partial charge on any atom is 0.216 e. The van der Waals surface area contributed by atoms with Crippen LogP contribution in [0.25, 0.3) is 0 Å². The summed E-state index contributed by atoms with van der Waals surface area (Å²) < 4.78 is 21.0. The van der Waals surface area contributed by atoms with Gasteiger partial charge in [0.2, 0.25) is 10.0 Å². The van der Waals surface area contributed by atoms with E-state index in [4.69, 9.17) is 10.9 Å². The van der Waals surface area contributed by atoms with Gasteiger partial charge in [-0.2, -0.15) is 0 Å². The van der Waals surface area contributed by atoms with Gasteiger partial charge in [0.15, 0.2) is 0 Å². The SMILES string of the molecule is Cl.NCC1(S(N)(=O)=O)CCC1. The van der Waals surface area contributed by atoms with Crippen molar-refractivity contribution in [3.8, 4) is 0 Å². The number of primary sulfonamides is 1. The van der Waals surface area contributed by atoms with Crippen molar-refractivity contribution >= 4 is 22.4 Å². The molecular formula is C5H13ClN2O2S. The molecular weight excluding hydrogens is 188 g/mol. The summed E-state index contributed by atoms with van der Waals surface area (Å²) in [5.41, 5.74) is 5.30. The van der Waals surface area contributed by atoms with Crippen molar-refractivity contribution in [3.63, 3.8) is 0 Å². The fourth-order valence-corrected chi connectivity index (χ4v) is 2.27. The number of sulfonamides is 1. The molecule has 68 valence electrons. The fraction of sp³-hybridized carbons (Fsp3) is 1.00. The molecule has 1 aliphatic rings. The summed E-state index contributed by atoms with van der Waals surface area (Å²) in [5.74, 6) is 0. The lowest BCUT2D eigenvalue weighted by atomic mass is 9.84. The highest BCUT2D eigenvalue weighted by molar-refractivity contribution is 7.90. The van der Waals surface area contributed by atoms with E-state index in [1.54, 1.807) is 0 Å². The van der Waals surface area contributed by atoms with Gasteiger partial charge in [0.1, 0.15) is 0 Å². The normalized spacial score (nSPS) is 21.6. The average Bonchev–Trinajstić information content (AvgIpc) is 1.58. The molecule has 0 bridgehead atoms. The minimum atomic E-state index is -3.40. The number of hydrogen-bond acceptors (Lipinski definition) is 3. The van der Waals surface area contributed by atoms with E-state index in [0.29, 0.717) is 12.8 Å². The van der Waals surface area contributed by atoms with Crippen LogP contribution >= 0.6 is 12.4 Å². The van der Waals surface area contributed by atoms with Crippen LogP contribution in [0.3, 0.4) is 0 Å². The molecule has 6 heteroatoms. The Hall–Kier alpha value is 0.160. The molecule has 4 nitrogen and oxygen atoms in total. The molecule has 0 aromatic carbocycles. The summed E-state index contributed by atoms with van der Waals surface area (Å²) in [4.78, 5) is 0. The molecule has 0 aromatic rings.